The molecule has 1 aliphatic heterocycles. The van der Waals surface area contributed by atoms with Crippen LogP contribution < -0.4 is 0 Å². The van der Waals surface area contributed by atoms with Crippen molar-refractivity contribution >= 4 is 15.9 Å². The van der Waals surface area contributed by atoms with E-state index in [1.165, 1.54) is 0 Å². The average molecular weight is 274 g/mol. The smallest absolute Gasteiger partial charge is 0.302 e. The number of halogens is 4. The third kappa shape index (κ3) is 3.77. The monoisotopic (exact) mass is 273 g/mol. The number of nitrogens with zero attached hydrogens (tertiary/aromatic N) is 1. The molecule has 1 heterocycles. The van der Waals surface area contributed by atoms with E-state index in [0.29, 0.717) is 5.92 Å². The zero-order chi connectivity index (χ0) is 10.8. The van der Waals surface area contributed by atoms with E-state index in [4.69, 9.17) is 0 Å². The second kappa shape index (κ2) is 4.84. The molecule has 1 saturated heterocycles. The Labute approximate surface area is 90.8 Å². The van der Waals surface area contributed by atoms with Gasteiger partial charge in [-0.3, -0.25) is 0 Å². The Kier molecular flexibility index (Phi) is 4.25. The van der Waals surface area contributed by atoms with Crippen LogP contribution in [0.3, 0.4) is 0 Å². The molecule has 0 radical (unpaired) electrons. The Morgan fingerprint density at radius 3 is 2.64 bits per heavy atom. The lowest BCUT2D eigenvalue weighted by atomic mass is 10.0. The number of piperidine rings is 1. The summed E-state index contributed by atoms with van der Waals surface area (Å²) in [7, 11) is 0. The van der Waals surface area contributed by atoms with Crippen molar-refractivity contribution in [3.8, 4) is 0 Å². The largest absolute Gasteiger partial charge is 0.402 e. The first-order chi connectivity index (χ1) is 6.39. The van der Waals surface area contributed by atoms with E-state index in [1.807, 2.05) is 4.90 Å². The lowest BCUT2D eigenvalue weighted by Gasteiger charge is -2.32. The summed E-state index contributed by atoms with van der Waals surface area (Å²) >= 11 is 2.69. The van der Waals surface area contributed by atoms with Crippen molar-refractivity contribution in [2.75, 3.05) is 19.6 Å². The molecule has 2 unspecified atom stereocenters. The topological polar surface area (TPSA) is 3.24 Å². The standard InChI is InChI=1S/C9H15BrF3N/c1-7-3-2-4-14(5-7)6-8(10)9(11,12)13/h7-8H,2-6H2,1H3. The van der Waals surface area contributed by atoms with Crippen molar-refractivity contribution in [3.05, 3.63) is 0 Å². The highest BCUT2D eigenvalue weighted by molar-refractivity contribution is 9.09. The minimum Gasteiger partial charge on any atom is -0.302 e. The molecule has 0 aliphatic carbocycles. The Balaban J connectivity index is 2.36. The van der Waals surface area contributed by atoms with Gasteiger partial charge in [-0.15, -0.1) is 0 Å². The van der Waals surface area contributed by atoms with E-state index in [-0.39, 0.29) is 6.54 Å². The molecule has 1 rings (SSSR count). The Morgan fingerprint density at radius 1 is 1.50 bits per heavy atom. The van der Waals surface area contributed by atoms with E-state index in [0.717, 1.165) is 25.9 Å². The van der Waals surface area contributed by atoms with Crippen LogP contribution in [0.5, 0.6) is 0 Å². The van der Waals surface area contributed by atoms with Gasteiger partial charge in [0.05, 0.1) is 0 Å². The van der Waals surface area contributed by atoms with Crippen LogP contribution in [0.4, 0.5) is 13.2 Å². The van der Waals surface area contributed by atoms with Gasteiger partial charge < -0.3 is 4.90 Å². The Morgan fingerprint density at radius 2 is 2.14 bits per heavy atom. The molecule has 0 N–H and O–H groups in total. The van der Waals surface area contributed by atoms with Crippen LogP contribution in [-0.4, -0.2) is 35.5 Å². The fourth-order valence-electron chi connectivity index (χ4n) is 1.78. The molecule has 0 saturated carbocycles. The van der Waals surface area contributed by atoms with Crippen LogP contribution in [-0.2, 0) is 0 Å². The number of alkyl halides is 4. The molecule has 0 bridgehead atoms. The summed E-state index contributed by atoms with van der Waals surface area (Å²) in [5.74, 6) is 0.525. The van der Waals surface area contributed by atoms with Crippen LogP contribution in [0, 0.1) is 5.92 Å². The van der Waals surface area contributed by atoms with Gasteiger partial charge >= 0.3 is 6.18 Å². The maximum absolute atomic E-state index is 12.2. The maximum Gasteiger partial charge on any atom is 0.402 e. The molecule has 0 aromatic heterocycles. The molecular formula is C9H15BrF3N. The van der Waals surface area contributed by atoms with Gasteiger partial charge in [0.15, 0.2) is 0 Å². The number of hydrogen-bond acceptors (Lipinski definition) is 1. The van der Waals surface area contributed by atoms with Crippen molar-refractivity contribution in [1.82, 2.24) is 4.90 Å². The van der Waals surface area contributed by atoms with E-state index >= 15 is 0 Å². The van der Waals surface area contributed by atoms with Crippen molar-refractivity contribution in [2.45, 2.75) is 30.8 Å². The predicted molar refractivity (Wildman–Crippen MR) is 53.6 cm³/mol. The number of likely N-dealkylation sites (tertiary alicyclic amines) is 1. The fourth-order valence-corrected chi connectivity index (χ4v) is 2.19. The molecule has 1 nitrogen and oxygen atoms in total. The second-order valence-corrected chi connectivity index (χ2v) is 5.12. The molecule has 5 heteroatoms. The van der Waals surface area contributed by atoms with Crippen LogP contribution in [0.25, 0.3) is 0 Å². The predicted octanol–water partition coefficient (Wildman–Crippen LogP) is 3.04. The normalized spacial score (nSPS) is 27.6. The van der Waals surface area contributed by atoms with Gasteiger partial charge in [0.25, 0.3) is 0 Å². The first-order valence-electron chi connectivity index (χ1n) is 4.82. The van der Waals surface area contributed by atoms with Crippen molar-refractivity contribution < 1.29 is 13.2 Å². The van der Waals surface area contributed by atoms with E-state index < -0.39 is 11.0 Å². The van der Waals surface area contributed by atoms with Gasteiger partial charge in [-0.2, -0.15) is 13.2 Å². The summed E-state index contributed by atoms with van der Waals surface area (Å²) in [6.45, 7) is 3.75. The van der Waals surface area contributed by atoms with E-state index in [1.54, 1.807) is 0 Å². The SMILES string of the molecule is CC1CCCN(CC(Br)C(F)(F)F)C1. The van der Waals surface area contributed by atoms with Crippen LogP contribution in [0.15, 0.2) is 0 Å². The van der Waals surface area contributed by atoms with Gasteiger partial charge in [-0.1, -0.05) is 22.9 Å². The van der Waals surface area contributed by atoms with E-state index in [9.17, 15) is 13.2 Å². The highest BCUT2D eigenvalue weighted by atomic mass is 79.9. The summed E-state index contributed by atoms with van der Waals surface area (Å²) < 4.78 is 36.7. The van der Waals surface area contributed by atoms with Gasteiger partial charge in [0.2, 0.25) is 0 Å². The quantitative estimate of drug-likeness (QED) is 0.699. The molecule has 0 spiro atoms. The van der Waals surface area contributed by atoms with Gasteiger partial charge in [-0.25, -0.2) is 0 Å². The summed E-state index contributed by atoms with van der Waals surface area (Å²) in [4.78, 5) is 0.501. The Bertz CT molecular complexity index is 183. The molecule has 0 amide bonds. The highest BCUT2D eigenvalue weighted by Crippen LogP contribution is 2.28. The summed E-state index contributed by atoms with van der Waals surface area (Å²) in [6, 6.07) is 0. The third-order valence-electron chi connectivity index (χ3n) is 2.51. The van der Waals surface area contributed by atoms with Gasteiger partial charge in [0, 0.05) is 13.1 Å². The molecule has 1 fully saturated rings. The van der Waals surface area contributed by atoms with Crippen molar-refractivity contribution in [3.63, 3.8) is 0 Å². The molecule has 1 aliphatic rings. The summed E-state index contributed by atoms with van der Waals surface area (Å²) in [6.07, 6.45) is -1.98. The Hall–Kier alpha value is 0.230. The van der Waals surface area contributed by atoms with Crippen LogP contribution in [0.2, 0.25) is 0 Å². The minimum atomic E-state index is -4.12. The highest BCUT2D eigenvalue weighted by Gasteiger charge is 2.38. The second-order valence-electron chi connectivity index (χ2n) is 4.02. The first-order valence-corrected chi connectivity index (χ1v) is 5.74. The summed E-state index contributed by atoms with van der Waals surface area (Å²) in [5, 5.41) is 0. The van der Waals surface area contributed by atoms with Crippen LogP contribution >= 0.6 is 15.9 Å². The van der Waals surface area contributed by atoms with Gasteiger partial charge in [-0.05, 0) is 25.3 Å². The molecule has 0 aromatic carbocycles. The number of hydrogen-bond donors (Lipinski definition) is 0. The lowest BCUT2D eigenvalue weighted by Crippen LogP contribution is -2.42. The molecule has 14 heavy (non-hydrogen) atoms. The molecule has 84 valence electrons. The van der Waals surface area contributed by atoms with Crippen molar-refractivity contribution in [1.29, 1.82) is 0 Å². The van der Waals surface area contributed by atoms with Crippen LogP contribution in [0.1, 0.15) is 19.8 Å². The summed E-state index contributed by atoms with van der Waals surface area (Å²) in [5.41, 5.74) is 0. The third-order valence-corrected chi connectivity index (χ3v) is 3.32. The van der Waals surface area contributed by atoms with Crippen molar-refractivity contribution in [2.24, 2.45) is 5.92 Å². The maximum atomic E-state index is 12.2. The first kappa shape index (κ1) is 12.3. The number of rotatable bonds is 2. The molecule has 0 aromatic rings. The molecule has 2 atom stereocenters. The average Bonchev–Trinajstić information content (AvgIpc) is 2.02. The zero-order valence-corrected chi connectivity index (χ0v) is 9.74. The lowest BCUT2D eigenvalue weighted by molar-refractivity contribution is -0.131. The van der Waals surface area contributed by atoms with Gasteiger partial charge in [0.1, 0.15) is 4.83 Å². The minimum absolute atomic E-state index is 0.0772. The molecular weight excluding hydrogens is 259 g/mol. The zero-order valence-electron chi connectivity index (χ0n) is 8.15. The van der Waals surface area contributed by atoms with E-state index in [2.05, 4.69) is 22.9 Å². The fraction of sp³-hybridized carbons (Fsp3) is 1.00.